The first-order chi connectivity index (χ1) is 15.3. The van der Waals surface area contributed by atoms with Crippen molar-refractivity contribution in [2.24, 2.45) is 12.8 Å². The fraction of sp³-hybridized carbons (Fsp3) is 0.261. The monoisotopic (exact) mass is 437 g/mol. The van der Waals surface area contributed by atoms with Gasteiger partial charge in [-0.1, -0.05) is 18.2 Å². The van der Waals surface area contributed by atoms with Crippen LogP contribution in [0.15, 0.2) is 59.4 Å². The molecule has 0 aliphatic rings. The predicted octanol–water partition coefficient (Wildman–Crippen LogP) is 1.81. The Bertz CT molecular complexity index is 1150. The predicted molar refractivity (Wildman–Crippen MR) is 123 cm³/mol. The Morgan fingerprint density at radius 3 is 2.34 bits per heavy atom. The van der Waals surface area contributed by atoms with E-state index in [-0.39, 0.29) is 36.7 Å². The minimum atomic E-state index is -0.464. The molecule has 0 spiro atoms. The molecule has 0 saturated heterocycles. The third-order valence-corrected chi connectivity index (χ3v) is 5.22. The van der Waals surface area contributed by atoms with Crippen LogP contribution < -0.4 is 26.2 Å². The second kappa shape index (κ2) is 9.86. The maximum Gasteiger partial charge on any atom is 0.295 e. The molecule has 2 aromatic carbocycles. The summed E-state index contributed by atoms with van der Waals surface area (Å²) in [5, 5.41) is 2.74. The van der Waals surface area contributed by atoms with Crippen LogP contribution in [0.2, 0.25) is 0 Å². The lowest BCUT2D eigenvalue weighted by atomic mass is 10.2. The first kappa shape index (κ1) is 22.7. The number of benzene rings is 2. The highest BCUT2D eigenvalue weighted by Gasteiger charge is 2.20. The largest absolute Gasteiger partial charge is 0.497 e. The Kier molecular flexibility index (Phi) is 6.99. The van der Waals surface area contributed by atoms with Gasteiger partial charge in [0.15, 0.2) is 0 Å². The molecular weight excluding hydrogens is 410 g/mol. The van der Waals surface area contributed by atoms with E-state index in [9.17, 15) is 14.4 Å². The van der Waals surface area contributed by atoms with Crippen LogP contribution in [0.5, 0.6) is 5.75 Å². The van der Waals surface area contributed by atoms with E-state index < -0.39 is 5.91 Å². The summed E-state index contributed by atoms with van der Waals surface area (Å²) in [5.41, 5.74) is 7.25. The number of rotatable bonds is 9. The number of primary amides is 1. The van der Waals surface area contributed by atoms with E-state index in [0.717, 1.165) is 5.69 Å². The van der Waals surface area contributed by atoms with E-state index in [1.54, 1.807) is 54.9 Å². The van der Waals surface area contributed by atoms with Crippen molar-refractivity contribution in [3.05, 3.63) is 70.6 Å². The van der Waals surface area contributed by atoms with Crippen LogP contribution in [0.3, 0.4) is 0 Å². The van der Waals surface area contributed by atoms with Gasteiger partial charge in [0.05, 0.1) is 25.0 Å². The number of carbonyl (C=O) groups is 2. The lowest BCUT2D eigenvalue weighted by Gasteiger charge is -2.24. The van der Waals surface area contributed by atoms with E-state index in [2.05, 4.69) is 5.32 Å². The summed E-state index contributed by atoms with van der Waals surface area (Å²) in [6.45, 7) is 1.97. The highest BCUT2D eigenvalue weighted by atomic mass is 16.5. The van der Waals surface area contributed by atoms with Gasteiger partial charge in [-0.05, 0) is 43.3 Å². The van der Waals surface area contributed by atoms with Crippen molar-refractivity contribution in [2.45, 2.75) is 13.3 Å². The Hall–Kier alpha value is -4.01. The SMILES string of the molecule is COc1ccc(N(CCC(N)=O)CC(=O)Nc2c(C)n(C)n(-c3ccccc3)c2=O)cc1. The Morgan fingerprint density at radius 2 is 1.75 bits per heavy atom. The van der Waals surface area contributed by atoms with Gasteiger partial charge in [-0.25, -0.2) is 4.68 Å². The van der Waals surface area contributed by atoms with Gasteiger partial charge < -0.3 is 20.7 Å². The average Bonchev–Trinajstić information content (AvgIpc) is 3.00. The lowest BCUT2D eigenvalue weighted by Crippen LogP contribution is -2.36. The Balaban J connectivity index is 1.83. The number of hydrogen-bond donors (Lipinski definition) is 2. The first-order valence-electron chi connectivity index (χ1n) is 10.1. The number of aromatic nitrogens is 2. The molecule has 32 heavy (non-hydrogen) atoms. The number of carbonyl (C=O) groups excluding carboxylic acids is 2. The maximum atomic E-state index is 13.0. The fourth-order valence-corrected chi connectivity index (χ4v) is 3.40. The van der Waals surface area contributed by atoms with E-state index in [1.165, 1.54) is 4.68 Å². The standard InChI is InChI=1S/C23H27N5O4/c1-16-22(23(31)28(26(16)2)18-7-5-4-6-8-18)25-21(30)15-27(14-13-20(24)29)17-9-11-19(32-3)12-10-17/h4-12H,13-15H2,1-3H3,(H2,24,29)(H,25,30). The summed E-state index contributed by atoms with van der Waals surface area (Å²) in [5.74, 6) is -0.167. The zero-order chi connectivity index (χ0) is 23.3. The second-order valence-corrected chi connectivity index (χ2v) is 7.32. The smallest absolute Gasteiger partial charge is 0.295 e. The molecule has 3 N–H and O–H groups in total. The summed E-state index contributed by atoms with van der Waals surface area (Å²) in [6.07, 6.45) is 0.0878. The number of nitrogens with two attached hydrogens (primary N) is 1. The van der Waals surface area contributed by atoms with Crippen molar-refractivity contribution in [1.82, 2.24) is 9.36 Å². The van der Waals surface area contributed by atoms with Crippen molar-refractivity contribution in [3.63, 3.8) is 0 Å². The molecule has 0 unspecified atom stereocenters. The molecule has 0 bridgehead atoms. The fourth-order valence-electron chi connectivity index (χ4n) is 3.40. The van der Waals surface area contributed by atoms with Gasteiger partial charge in [0.1, 0.15) is 11.4 Å². The van der Waals surface area contributed by atoms with E-state index in [1.807, 2.05) is 30.3 Å². The quantitative estimate of drug-likeness (QED) is 0.530. The molecule has 168 valence electrons. The number of amides is 2. The summed E-state index contributed by atoms with van der Waals surface area (Å²) in [6, 6.07) is 16.3. The molecule has 0 aliphatic carbocycles. The van der Waals surface area contributed by atoms with Crippen LogP contribution in [0.25, 0.3) is 5.69 Å². The van der Waals surface area contributed by atoms with Crippen molar-refractivity contribution in [2.75, 3.05) is 30.4 Å². The molecule has 0 radical (unpaired) electrons. The number of hydrogen-bond acceptors (Lipinski definition) is 5. The molecule has 2 amide bonds. The average molecular weight is 438 g/mol. The zero-order valence-corrected chi connectivity index (χ0v) is 18.4. The second-order valence-electron chi connectivity index (χ2n) is 7.32. The maximum absolute atomic E-state index is 13.0. The number of para-hydroxylation sites is 1. The third kappa shape index (κ3) is 5.00. The van der Waals surface area contributed by atoms with Crippen molar-refractivity contribution >= 4 is 23.2 Å². The zero-order valence-electron chi connectivity index (χ0n) is 18.4. The first-order valence-corrected chi connectivity index (χ1v) is 10.1. The van der Waals surface area contributed by atoms with E-state index in [4.69, 9.17) is 10.5 Å². The van der Waals surface area contributed by atoms with Gasteiger partial charge in [0.25, 0.3) is 5.56 Å². The van der Waals surface area contributed by atoms with E-state index in [0.29, 0.717) is 17.1 Å². The van der Waals surface area contributed by atoms with Crippen LogP contribution in [0.1, 0.15) is 12.1 Å². The van der Waals surface area contributed by atoms with Gasteiger partial charge in [-0.2, -0.15) is 0 Å². The van der Waals surface area contributed by atoms with Gasteiger partial charge >= 0.3 is 0 Å². The van der Waals surface area contributed by atoms with Crippen molar-refractivity contribution in [3.8, 4) is 11.4 Å². The molecule has 3 rings (SSSR count). The van der Waals surface area contributed by atoms with Gasteiger partial charge in [-0.15, -0.1) is 0 Å². The van der Waals surface area contributed by atoms with E-state index >= 15 is 0 Å². The van der Waals surface area contributed by atoms with Crippen molar-refractivity contribution < 1.29 is 14.3 Å². The normalized spacial score (nSPS) is 10.6. The van der Waals surface area contributed by atoms with Crippen molar-refractivity contribution in [1.29, 1.82) is 0 Å². The number of methoxy groups -OCH3 is 1. The molecule has 3 aromatic rings. The van der Waals surface area contributed by atoms with Crippen LogP contribution in [0, 0.1) is 6.92 Å². The van der Waals surface area contributed by atoms with Crippen LogP contribution in [-0.2, 0) is 16.6 Å². The van der Waals surface area contributed by atoms with Gasteiger partial charge in [-0.3, -0.25) is 19.1 Å². The highest BCUT2D eigenvalue weighted by Crippen LogP contribution is 2.20. The lowest BCUT2D eigenvalue weighted by molar-refractivity contribution is -0.118. The summed E-state index contributed by atoms with van der Waals surface area (Å²) >= 11 is 0. The van der Waals surface area contributed by atoms with Gasteiger partial charge in [0.2, 0.25) is 11.8 Å². The summed E-state index contributed by atoms with van der Waals surface area (Å²) in [4.78, 5) is 38.9. The topological polar surface area (TPSA) is 112 Å². The third-order valence-electron chi connectivity index (χ3n) is 5.22. The molecular formula is C23H27N5O4. The van der Waals surface area contributed by atoms with Gasteiger partial charge in [0, 0.05) is 25.7 Å². The molecule has 0 saturated carbocycles. The molecule has 1 heterocycles. The minimum Gasteiger partial charge on any atom is -0.497 e. The summed E-state index contributed by atoms with van der Waals surface area (Å²) in [7, 11) is 3.33. The Morgan fingerprint density at radius 1 is 1.09 bits per heavy atom. The molecule has 1 aromatic heterocycles. The summed E-state index contributed by atoms with van der Waals surface area (Å²) < 4.78 is 8.37. The molecule has 0 fully saturated rings. The minimum absolute atomic E-state index is 0.0568. The number of nitrogens with zero attached hydrogens (tertiary/aromatic N) is 3. The van der Waals surface area contributed by atoms with Crippen LogP contribution >= 0.6 is 0 Å². The Labute approximate surface area is 186 Å². The van der Waals surface area contributed by atoms with Crippen LogP contribution in [-0.4, -0.2) is 41.4 Å². The number of nitrogens with one attached hydrogen (secondary N) is 1. The molecule has 0 aliphatic heterocycles. The van der Waals surface area contributed by atoms with Crippen LogP contribution in [0.4, 0.5) is 11.4 Å². The highest BCUT2D eigenvalue weighted by molar-refractivity contribution is 5.94. The molecule has 0 atom stereocenters. The molecule has 9 heteroatoms. The number of ether oxygens (including phenoxy) is 1. The molecule has 9 nitrogen and oxygen atoms in total. The number of anilines is 2.